The Morgan fingerprint density at radius 3 is 1.90 bits per heavy atom. The van der Waals surface area contributed by atoms with Gasteiger partial charge in [0.15, 0.2) is 0 Å². The van der Waals surface area contributed by atoms with Crippen LogP contribution in [0.25, 0.3) is 0 Å². The van der Waals surface area contributed by atoms with Crippen molar-refractivity contribution in [2.45, 2.75) is 58.4 Å². The molecule has 0 aliphatic carbocycles. The summed E-state index contributed by atoms with van der Waals surface area (Å²) < 4.78 is 0. The van der Waals surface area contributed by atoms with Gasteiger partial charge in [-0.15, -0.1) is 12.4 Å². The van der Waals surface area contributed by atoms with E-state index in [1.165, 1.54) is 5.56 Å². The van der Waals surface area contributed by atoms with E-state index in [1.54, 1.807) is 0 Å². The van der Waals surface area contributed by atoms with Crippen molar-refractivity contribution < 1.29 is 5.11 Å². The van der Waals surface area contributed by atoms with Gasteiger partial charge in [-0.25, -0.2) is 0 Å². The van der Waals surface area contributed by atoms with E-state index in [4.69, 9.17) is 11.5 Å². The molecule has 0 fully saturated rings. The fourth-order valence-electron chi connectivity index (χ4n) is 2.07. The lowest BCUT2D eigenvalue weighted by Crippen LogP contribution is -2.24. The molecule has 0 heterocycles. The smallest absolute Gasteiger partial charge is 0.124 e. The number of halogens is 1. The van der Waals surface area contributed by atoms with Crippen molar-refractivity contribution in [2.24, 2.45) is 11.5 Å². The third-order valence-electron chi connectivity index (χ3n) is 3.47. The SMILES string of the molecule is CC(C)(C)c1cc([C@@H](N)CN)c(O)c(C(C)(C)C)c1.Cl. The lowest BCUT2D eigenvalue weighted by atomic mass is 9.78. The predicted octanol–water partition coefficient (Wildman–Crippen LogP) is 3.37. The quantitative estimate of drug-likeness (QED) is 0.784. The second-order valence-corrected chi connectivity index (χ2v) is 7.30. The molecule has 3 nitrogen and oxygen atoms in total. The fraction of sp³-hybridized carbons (Fsp3) is 0.625. The first kappa shape index (κ1) is 19.2. The molecule has 1 aromatic rings. The number of rotatable bonds is 2. The molecular weight excluding hydrogens is 272 g/mol. The number of phenolic OH excluding ortho intramolecular Hbond substituents is 1. The number of benzene rings is 1. The predicted molar refractivity (Wildman–Crippen MR) is 88.7 cm³/mol. The summed E-state index contributed by atoms with van der Waals surface area (Å²) in [4.78, 5) is 0. The fourth-order valence-corrected chi connectivity index (χ4v) is 2.07. The van der Waals surface area contributed by atoms with Gasteiger partial charge >= 0.3 is 0 Å². The third-order valence-corrected chi connectivity index (χ3v) is 3.47. The molecule has 0 radical (unpaired) electrons. The number of hydrogen-bond donors (Lipinski definition) is 3. The zero-order chi connectivity index (χ0) is 15.0. The van der Waals surface area contributed by atoms with E-state index in [-0.39, 0.29) is 29.3 Å². The highest BCUT2D eigenvalue weighted by Gasteiger charge is 2.26. The van der Waals surface area contributed by atoms with E-state index in [0.717, 1.165) is 11.1 Å². The maximum absolute atomic E-state index is 10.5. The van der Waals surface area contributed by atoms with Crippen LogP contribution in [0.4, 0.5) is 0 Å². The van der Waals surface area contributed by atoms with Gasteiger partial charge in [0.05, 0.1) is 0 Å². The van der Waals surface area contributed by atoms with Crippen molar-refractivity contribution in [1.82, 2.24) is 0 Å². The van der Waals surface area contributed by atoms with E-state index in [9.17, 15) is 5.11 Å². The largest absolute Gasteiger partial charge is 0.507 e. The Bertz CT molecular complexity index is 459. The van der Waals surface area contributed by atoms with Gasteiger partial charge in [-0.1, -0.05) is 47.6 Å². The number of aromatic hydroxyl groups is 1. The number of nitrogens with two attached hydrogens (primary N) is 2. The first-order chi connectivity index (χ1) is 8.48. The van der Waals surface area contributed by atoms with Crippen LogP contribution in [-0.2, 0) is 10.8 Å². The molecular formula is C16H29ClN2O. The van der Waals surface area contributed by atoms with Gasteiger partial charge in [-0.3, -0.25) is 0 Å². The summed E-state index contributed by atoms with van der Waals surface area (Å²) in [6.45, 7) is 13.1. The number of hydrogen-bond acceptors (Lipinski definition) is 3. The summed E-state index contributed by atoms with van der Waals surface area (Å²) in [7, 11) is 0. The average Bonchev–Trinajstić information content (AvgIpc) is 2.25. The Labute approximate surface area is 129 Å². The average molecular weight is 301 g/mol. The highest BCUT2D eigenvalue weighted by atomic mass is 35.5. The lowest BCUT2D eigenvalue weighted by molar-refractivity contribution is 0.433. The maximum atomic E-state index is 10.5. The van der Waals surface area contributed by atoms with Gasteiger partial charge in [0.2, 0.25) is 0 Å². The highest BCUT2D eigenvalue weighted by Crippen LogP contribution is 2.39. The number of phenols is 1. The van der Waals surface area contributed by atoms with Crippen LogP contribution in [0.3, 0.4) is 0 Å². The van der Waals surface area contributed by atoms with Crippen LogP contribution in [0.5, 0.6) is 5.75 Å². The minimum absolute atomic E-state index is 0. The summed E-state index contributed by atoms with van der Waals surface area (Å²) in [5.74, 6) is 0.290. The van der Waals surface area contributed by atoms with Gasteiger partial charge < -0.3 is 16.6 Å². The Kier molecular flexibility index (Phi) is 6.09. The van der Waals surface area contributed by atoms with Crippen molar-refractivity contribution >= 4 is 12.4 Å². The summed E-state index contributed by atoms with van der Waals surface area (Å²) in [5, 5.41) is 10.5. The minimum atomic E-state index is -0.330. The molecule has 0 amide bonds. The maximum Gasteiger partial charge on any atom is 0.124 e. The van der Waals surface area contributed by atoms with Gasteiger partial charge in [-0.2, -0.15) is 0 Å². The Hall–Kier alpha value is -0.770. The van der Waals surface area contributed by atoms with Gasteiger partial charge in [0.25, 0.3) is 0 Å². The molecule has 0 aliphatic heterocycles. The Morgan fingerprint density at radius 2 is 1.55 bits per heavy atom. The van der Waals surface area contributed by atoms with Crippen LogP contribution in [0.2, 0.25) is 0 Å². The summed E-state index contributed by atoms with van der Waals surface area (Å²) >= 11 is 0. The molecule has 1 rings (SSSR count). The molecule has 0 aromatic heterocycles. The van der Waals surface area contributed by atoms with Crippen molar-refractivity contribution in [3.05, 3.63) is 28.8 Å². The molecule has 20 heavy (non-hydrogen) atoms. The monoisotopic (exact) mass is 300 g/mol. The summed E-state index contributed by atoms with van der Waals surface area (Å²) in [5.41, 5.74) is 14.4. The van der Waals surface area contributed by atoms with Crippen molar-refractivity contribution in [3.8, 4) is 5.75 Å². The van der Waals surface area contributed by atoms with Gasteiger partial charge in [0, 0.05) is 18.2 Å². The van der Waals surface area contributed by atoms with Gasteiger partial charge in [-0.05, 0) is 28.0 Å². The first-order valence-corrected chi connectivity index (χ1v) is 6.82. The second kappa shape index (κ2) is 6.33. The van der Waals surface area contributed by atoms with Crippen molar-refractivity contribution in [2.75, 3.05) is 6.54 Å². The Balaban J connectivity index is 0.00000361. The van der Waals surface area contributed by atoms with Crippen LogP contribution in [0.15, 0.2) is 12.1 Å². The highest BCUT2D eigenvalue weighted by molar-refractivity contribution is 5.85. The summed E-state index contributed by atoms with van der Waals surface area (Å²) in [6, 6.07) is 3.74. The minimum Gasteiger partial charge on any atom is -0.507 e. The summed E-state index contributed by atoms with van der Waals surface area (Å²) in [6.07, 6.45) is 0. The molecule has 0 saturated carbocycles. The zero-order valence-electron chi connectivity index (χ0n) is 13.4. The van der Waals surface area contributed by atoms with Crippen molar-refractivity contribution in [1.29, 1.82) is 0 Å². The molecule has 0 bridgehead atoms. The molecule has 0 unspecified atom stereocenters. The van der Waals surface area contributed by atoms with Crippen LogP contribution in [0.1, 0.15) is 64.3 Å². The molecule has 0 aliphatic rings. The van der Waals surface area contributed by atoms with E-state index < -0.39 is 0 Å². The van der Waals surface area contributed by atoms with E-state index in [0.29, 0.717) is 12.3 Å². The van der Waals surface area contributed by atoms with Crippen LogP contribution >= 0.6 is 12.4 Å². The third kappa shape index (κ3) is 4.11. The molecule has 1 atom stereocenters. The standard InChI is InChI=1S/C16H28N2O.ClH/c1-15(2,3)10-7-11(13(18)9-17)14(19)12(8-10)16(4,5)6;/h7-8,13,19H,9,17-18H2,1-6H3;1H/t13-;/m0./s1. The topological polar surface area (TPSA) is 72.3 Å². The molecule has 4 heteroatoms. The van der Waals surface area contributed by atoms with Crippen molar-refractivity contribution in [3.63, 3.8) is 0 Å². The molecule has 1 aromatic carbocycles. The van der Waals surface area contributed by atoms with E-state index >= 15 is 0 Å². The Morgan fingerprint density at radius 1 is 1.05 bits per heavy atom. The van der Waals surface area contributed by atoms with E-state index in [1.807, 2.05) is 6.07 Å². The molecule has 0 spiro atoms. The molecule has 116 valence electrons. The van der Waals surface area contributed by atoms with Crippen LogP contribution in [-0.4, -0.2) is 11.7 Å². The van der Waals surface area contributed by atoms with Crippen LogP contribution in [0, 0.1) is 0 Å². The second-order valence-electron chi connectivity index (χ2n) is 7.30. The normalized spacial score (nSPS) is 13.8. The molecule has 0 saturated heterocycles. The zero-order valence-corrected chi connectivity index (χ0v) is 14.3. The van der Waals surface area contributed by atoms with Gasteiger partial charge in [0.1, 0.15) is 5.75 Å². The first-order valence-electron chi connectivity index (χ1n) is 6.82. The molecule has 5 N–H and O–H groups in total. The van der Waals surface area contributed by atoms with E-state index in [2.05, 4.69) is 47.6 Å². The van der Waals surface area contributed by atoms with Crippen LogP contribution < -0.4 is 11.5 Å². The lowest BCUT2D eigenvalue weighted by Gasteiger charge is -2.28.